The van der Waals surface area contributed by atoms with Crippen LogP contribution < -0.4 is 5.73 Å². The number of nitrogens with zero attached hydrogens (tertiary/aromatic N) is 1. The number of likely N-dealkylation sites (N-methyl/N-ethyl adjacent to an activating group) is 1. The molecule has 2 rings (SSSR count). The molecule has 19 heavy (non-hydrogen) atoms. The SMILES string of the molecule is CN(Cc1ccccc1Cl)C(CN)C1CCOCC1. The molecule has 0 radical (unpaired) electrons. The molecule has 1 heterocycles. The molecule has 0 saturated carbocycles. The topological polar surface area (TPSA) is 38.5 Å². The molecular formula is C15H23ClN2O. The fourth-order valence-electron chi connectivity index (χ4n) is 2.85. The number of ether oxygens (including phenoxy) is 1. The zero-order chi connectivity index (χ0) is 13.7. The molecule has 1 aliphatic rings. The Kier molecular flexibility index (Phi) is 5.64. The number of rotatable bonds is 5. The van der Waals surface area contributed by atoms with Crippen molar-refractivity contribution in [3.8, 4) is 0 Å². The van der Waals surface area contributed by atoms with Gasteiger partial charge >= 0.3 is 0 Å². The molecule has 1 unspecified atom stereocenters. The summed E-state index contributed by atoms with van der Waals surface area (Å²) in [5.41, 5.74) is 7.14. The quantitative estimate of drug-likeness (QED) is 0.902. The van der Waals surface area contributed by atoms with Crippen molar-refractivity contribution >= 4 is 11.6 Å². The summed E-state index contributed by atoms with van der Waals surface area (Å²) in [6, 6.07) is 8.42. The maximum absolute atomic E-state index is 6.22. The Morgan fingerprint density at radius 1 is 1.37 bits per heavy atom. The molecule has 0 amide bonds. The van der Waals surface area contributed by atoms with Gasteiger partial charge in [-0.3, -0.25) is 4.90 Å². The number of hydrogen-bond acceptors (Lipinski definition) is 3. The molecule has 1 saturated heterocycles. The van der Waals surface area contributed by atoms with Crippen LogP contribution in [0.25, 0.3) is 0 Å². The van der Waals surface area contributed by atoms with Crippen LogP contribution in [0.2, 0.25) is 5.02 Å². The summed E-state index contributed by atoms with van der Waals surface area (Å²) in [7, 11) is 2.14. The van der Waals surface area contributed by atoms with E-state index in [1.165, 1.54) is 0 Å². The summed E-state index contributed by atoms with van der Waals surface area (Å²) in [6.45, 7) is 3.26. The van der Waals surface area contributed by atoms with Crippen LogP contribution in [0.4, 0.5) is 0 Å². The van der Waals surface area contributed by atoms with Gasteiger partial charge in [-0.15, -0.1) is 0 Å². The van der Waals surface area contributed by atoms with E-state index in [0.29, 0.717) is 18.5 Å². The first kappa shape index (κ1) is 14.8. The zero-order valence-electron chi connectivity index (χ0n) is 11.5. The van der Waals surface area contributed by atoms with Crippen molar-refractivity contribution < 1.29 is 4.74 Å². The largest absolute Gasteiger partial charge is 0.381 e. The van der Waals surface area contributed by atoms with Gasteiger partial charge in [0.25, 0.3) is 0 Å². The first-order valence-corrected chi connectivity index (χ1v) is 7.31. The molecule has 1 atom stereocenters. The van der Waals surface area contributed by atoms with Gasteiger partial charge in [0.2, 0.25) is 0 Å². The number of hydrogen-bond donors (Lipinski definition) is 1. The van der Waals surface area contributed by atoms with Crippen LogP contribution in [0.15, 0.2) is 24.3 Å². The highest BCUT2D eigenvalue weighted by Gasteiger charge is 2.26. The molecule has 0 spiro atoms. The molecule has 2 N–H and O–H groups in total. The molecule has 1 aromatic rings. The molecule has 1 aliphatic heterocycles. The fourth-order valence-corrected chi connectivity index (χ4v) is 3.04. The van der Waals surface area contributed by atoms with E-state index < -0.39 is 0 Å². The third-order valence-corrected chi connectivity index (χ3v) is 4.36. The molecule has 0 bridgehead atoms. The van der Waals surface area contributed by atoms with Crippen molar-refractivity contribution in [3.63, 3.8) is 0 Å². The second kappa shape index (κ2) is 7.25. The molecule has 3 nitrogen and oxygen atoms in total. The lowest BCUT2D eigenvalue weighted by Gasteiger charge is -2.36. The molecular weight excluding hydrogens is 260 g/mol. The van der Waals surface area contributed by atoms with E-state index in [-0.39, 0.29) is 0 Å². The Bertz CT molecular complexity index is 393. The lowest BCUT2D eigenvalue weighted by Crippen LogP contribution is -2.44. The predicted molar refractivity (Wildman–Crippen MR) is 79.3 cm³/mol. The predicted octanol–water partition coefficient (Wildman–Crippen LogP) is 2.53. The summed E-state index contributed by atoms with van der Waals surface area (Å²) in [6.07, 6.45) is 2.21. The van der Waals surface area contributed by atoms with Crippen LogP contribution in [-0.2, 0) is 11.3 Å². The minimum atomic E-state index is 0.403. The average Bonchev–Trinajstić information content (AvgIpc) is 2.43. The first-order valence-electron chi connectivity index (χ1n) is 6.94. The Morgan fingerprint density at radius 3 is 2.68 bits per heavy atom. The van der Waals surface area contributed by atoms with Gasteiger partial charge in [-0.1, -0.05) is 29.8 Å². The van der Waals surface area contributed by atoms with Crippen LogP contribution >= 0.6 is 11.6 Å². The molecule has 1 aromatic carbocycles. The van der Waals surface area contributed by atoms with Gasteiger partial charge < -0.3 is 10.5 Å². The van der Waals surface area contributed by atoms with Crippen molar-refractivity contribution in [1.82, 2.24) is 4.90 Å². The normalized spacial score (nSPS) is 18.7. The van der Waals surface area contributed by atoms with Gasteiger partial charge in [-0.05, 0) is 37.4 Å². The van der Waals surface area contributed by atoms with Gasteiger partial charge in [-0.25, -0.2) is 0 Å². The molecule has 0 aromatic heterocycles. The minimum Gasteiger partial charge on any atom is -0.381 e. The maximum atomic E-state index is 6.22. The highest BCUT2D eigenvalue weighted by molar-refractivity contribution is 6.31. The fraction of sp³-hybridized carbons (Fsp3) is 0.600. The van der Waals surface area contributed by atoms with Gasteiger partial charge in [0, 0.05) is 37.4 Å². The van der Waals surface area contributed by atoms with E-state index in [1.807, 2.05) is 18.2 Å². The number of halogens is 1. The monoisotopic (exact) mass is 282 g/mol. The van der Waals surface area contributed by atoms with Crippen LogP contribution in [-0.4, -0.2) is 37.7 Å². The van der Waals surface area contributed by atoms with Crippen molar-refractivity contribution in [3.05, 3.63) is 34.9 Å². The lowest BCUT2D eigenvalue weighted by atomic mass is 9.90. The number of benzene rings is 1. The van der Waals surface area contributed by atoms with Crippen LogP contribution in [0.3, 0.4) is 0 Å². The second-order valence-electron chi connectivity index (χ2n) is 5.26. The van der Waals surface area contributed by atoms with Gasteiger partial charge in [0.1, 0.15) is 0 Å². The summed E-state index contributed by atoms with van der Waals surface area (Å²) in [5, 5.41) is 0.831. The van der Waals surface area contributed by atoms with E-state index in [0.717, 1.165) is 43.2 Å². The Balaban J connectivity index is 2.00. The van der Waals surface area contributed by atoms with E-state index in [9.17, 15) is 0 Å². The second-order valence-corrected chi connectivity index (χ2v) is 5.67. The van der Waals surface area contributed by atoms with Crippen molar-refractivity contribution in [2.24, 2.45) is 11.7 Å². The van der Waals surface area contributed by atoms with Crippen LogP contribution in [0, 0.1) is 5.92 Å². The molecule has 0 aliphatic carbocycles. The summed E-state index contributed by atoms with van der Waals surface area (Å²) in [5.74, 6) is 0.631. The van der Waals surface area contributed by atoms with E-state index in [1.54, 1.807) is 0 Å². The Morgan fingerprint density at radius 2 is 2.05 bits per heavy atom. The van der Waals surface area contributed by atoms with Gasteiger partial charge in [0.05, 0.1) is 0 Å². The Labute approximate surface area is 120 Å². The van der Waals surface area contributed by atoms with Crippen molar-refractivity contribution in [1.29, 1.82) is 0 Å². The van der Waals surface area contributed by atoms with Crippen LogP contribution in [0.5, 0.6) is 0 Å². The average molecular weight is 283 g/mol. The maximum Gasteiger partial charge on any atom is 0.0469 e. The van der Waals surface area contributed by atoms with Crippen LogP contribution in [0.1, 0.15) is 18.4 Å². The molecule has 4 heteroatoms. The lowest BCUT2D eigenvalue weighted by molar-refractivity contribution is 0.0321. The summed E-state index contributed by atoms with van der Waals surface area (Å²) in [4.78, 5) is 2.33. The van der Waals surface area contributed by atoms with E-state index >= 15 is 0 Å². The smallest absolute Gasteiger partial charge is 0.0469 e. The number of nitrogens with two attached hydrogens (primary N) is 1. The third kappa shape index (κ3) is 3.93. The molecule has 1 fully saturated rings. The minimum absolute atomic E-state index is 0.403. The van der Waals surface area contributed by atoms with E-state index in [2.05, 4.69) is 18.0 Å². The third-order valence-electron chi connectivity index (χ3n) is 4.00. The van der Waals surface area contributed by atoms with Gasteiger partial charge in [0.15, 0.2) is 0 Å². The first-order chi connectivity index (χ1) is 9.22. The highest BCUT2D eigenvalue weighted by Crippen LogP contribution is 2.24. The molecule has 106 valence electrons. The highest BCUT2D eigenvalue weighted by atomic mass is 35.5. The van der Waals surface area contributed by atoms with Crippen molar-refractivity contribution in [2.45, 2.75) is 25.4 Å². The zero-order valence-corrected chi connectivity index (χ0v) is 12.3. The summed E-state index contributed by atoms with van der Waals surface area (Å²) >= 11 is 6.22. The summed E-state index contributed by atoms with van der Waals surface area (Å²) < 4.78 is 5.43. The Hall–Kier alpha value is -0.610. The van der Waals surface area contributed by atoms with Crippen molar-refractivity contribution in [2.75, 3.05) is 26.8 Å². The van der Waals surface area contributed by atoms with E-state index in [4.69, 9.17) is 22.1 Å². The standard InChI is InChI=1S/C15H23ClN2O/c1-18(11-13-4-2-3-5-14(13)16)15(10-17)12-6-8-19-9-7-12/h2-5,12,15H,6-11,17H2,1H3. The van der Waals surface area contributed by atoms with Gasteiger partial charge in [-0.2, -0.15) is 0 Å².